The standard InChI is InChI=1S/C21H24N4O2S/c26-28(27,18-7-2-1-3-8-18)24-13-5-6-16(14-24)15-25-20(17-10-11-17)23-19-9-4-12-22-21(19)25/h1-4,7-9,12,16-17H,5-6,10-11,13-15H2. The van der Waals surface area contributed by atoms with Crippen molar-refractivity contribution >= 4 is 21.2 Å². The maximum atomic E-state index is 13.0. The first-order valence-electron chi connectivity index (χ1n) is 9.99. The Balaban J connectivity index is 1.41. The highest BCUT2D eigenvalue weighted by Gasteiger charge is 2.33. The second-order valence-electron chi connectivity index (χ2n) is 7.89. The van der Waals surface area contributed by atoms with Crippen molar-refractivity contribution in [2.24, 2.45) is 5.92 Å². The summed E-state index contributed by atoms with van der Waals surface area (Å²) in [7, 11) is -3.44. The van der Waals surface area contributed by atoms with Gasteiger partial charge in [0.25, 0.3) is 0 Å². The first-order valence-corrected chi connectivity index (χ1v) is 11.4. The number of rotatable bonds is 5. The molecule has 1 saturated heterocycles. The van der Waals surface area contributed by atoms with E-state index in [2.05, 4.69) is 9.55 Å². The first-order chi connectivity index (χ1) is 13.6. The molecule has 2 aliphatic rings. The molecular formula is C21H24N4O2S. The van der Waals surface area contributed by atoms with Crippen molar-refractivity contribution in [1.82, 2.24) is 18.8 Å². The number of pyridine rings is 1. The van der Waals surface area contributed by atoms with E-state index in [1.54, 1.807) is 28.6 Å². The van der Waals surface area contributed by atoms with Gasteiger partial charge in [-0.2, -0.15) is 4.31 Å². The van der Waals surface area contributed by atoms with Crippen LogP contribution in [0.15, 0.2) is 53.6 Å². The van der Waals surface area contributed by atoms with Gasteiger partial charge in [0.2, 0.25) is 10.0 Å². The molecule has 7 heteroatoms. The quantitative estimate of drug-likeness (QED) is 0.663. The molecule has 28 heavy (non-hydrogen) atoms. The third kappa shape index (κ3) is 3.22. The number of hydrogen-bond acceptors (Lipinski definition) is 4. The molecule has 0 amide bonds. The predicted molar refractivity (Wildman–Crippen MR) is 107 cm³/mol. The van der Waals surface area contributed by atoms with E-state index in [0.29, 0.717) is 23.9 Å². The minimum absolute atomic E-state index is 0.268. The third-order valence-electron chi connectivity index (χ3n) is 5.78. The van der Waals surface area contributed by atoms with Crippen molar-refractivity contribution in [2.75, 3.05) is 13.1 Å². The fourth-order valence-corrected chi connectivity index (χ4v) is 5.78. The van der Waals surface area contributed by atoms with Crippen LogP contribution in [0.5, 0.6) is 0 Å². The highest BCUT2D eigenvalue weighted by molar-refractivity contribution is 7.89. The summed E-state index contributed by atoms with van der Waals surface area (Å²) in [5.74, 6) is 1.92. The van der Waals surface area contributed by atoms with Gasteiger partial charge in [0.05, 0.1) is 4.90 Å². The number of aromatic nitrogens is 3. The third-order valence-corrected chi connectivity index (χ3v) is 7.66. The highest BCUT2D eigenvalue weighted by Crippen LogP contribution is 2.41. The van der Waals surface area contributed by atoms with E-state index in [1.165, 1.54) is 12.8 Å². The molecule has 0 spiro atoms. The minimum Gasteiger partial charge on any atom is -0.312 e. The second-order valence-corrected chi connectivity index (χ2v) is 9.82. The molecule has 1 atom stereocenters. The number of benzene rings is 1. The number of hydrogen-bond donors (Lipinski definition) is 0. The number of nitrogens with zero attached hydrogens (tertiary/aromatic N) is 4. The summed E-state index contributed by atoms with van der Waals surface area (Å²) in [4.78, 5) is 9.76. The monoisotopic (exact) mass is 396 g/mol. The van der Waals surface area contributed by atoms with Crippen LogP contribution in [0.3, 0.4) is 0 Å². The molecule has 0 N–H and O–H groups in total. The zero-order chi connectivity index (χ0) is 19.1. The molecule has 1 aromatic carbocycles. The van der Waals surface area contributed by atoms with Crippen molar-refractivity contribution < 1.29 is 8.42 Å². The van der Waals surface area contributed by atoms with Gasteiger partial charge in [-0.1, -0.05) is 18.2 Å². The Hall–Kier alpha value is -2.25. The molecule has 2 fully saturated rings. The Bertz CT molecular complexity index is 1090. The lowest BCUT2D eigenvalue weighted by molar-refractivity contribution is 0.245. The van der Waals surface area contributed by atoms with Crippen LogP contribution >= 0.6 is 0 Å². The van der Waals surface area contributed by atoms with Crippen LogP contribution in [0.4, 0.5) is 0 Å². The first kappa shape index (κ1) is 17.8. The topological polar surface area (TPSA) is 68.1 Å². The average molecular weight is 397 g/mol. The molecule has 1 saturated carbocycles. The SMILES string of the molecule is O=S(=O)(c1ccccc1)N1CCCC(Cn2c(C3CC3)nc3cccnc32)C1. The van der Waals surface area contributed by atoms with Gasteiger partial charge in [0.1, 0.15) is 11.3 Å². The summed E-state index contributed by atoms with van der Waals surface area (Å²) in [5.41, 5.74) is 1.86. The van der Waals surface area contributed by atoms with Crippen LogP contribution in [0.25, 0.3) is 11.2 Å². The van der Waals surface area contributed by atoms with Gasteiger partial charge >= 0.3 is 0 Å². The number of fused-ring (bicyclic) bond motifs is 1. The molecular weight excluding hydrogens is 372 g/mol. The van der Waals surface area contributed by atoms with Gasteiger partial charge in [-0.25, -0.2) is 18.4 Å². The van der Waals surface area contributed by atoms with Gasteiger partial charge in [-0.15, -0.1) is 0 Å². The van der Waals surface area contributed by atoms with Crippen molar-refractivity contribution in [3.8, 4) is 0 Å². The number of sulfonamides is 1. The van der Waals surface area contributed by atoms with Crippen LogP contribution in [-0.2, 0) is 16.6 Å². The molecule has 5 rings (SSSR count). The van der Waals surface area contributed by atoms with Crippen LogP contribution in [0, 0.1) is 5.92 Å². The number of piperidine rings is 1. The zero-order valence-corrected chi connectivity index (χ0v) is 16.6. The molecule has 146 valence electrons. The fraction of sp³-hybridized carbons (Fsp3) is 0.429. The fourth-order valence-electron chi connectivity index (χ4n) is 4.20. The molecule has 3 heterocycles. The molecule has 1 aliphatic carbocycles. The second kappa shape index (κ2) is 6.97. The summed E-state index contributed by atoms with van der Waals surface area (Å²) < 4.78 is 30.0. The van der Waals surface area contributed by atoms with E-state index in [1.807, 2.05) is 24.4 Å². The summed E-state index contributed by atoms with van der Waals surface area (Å²) >= 11 is 0. The Morgan fingerprint density at radius 1 is 1.04 bits per heavy atom. The Labute approximate surface area is 165 Å². The van der Waals surface area contributed by atoms with Gasteiger partial charge < -0.3 is 4.57 Å². The normalized spacial score (nSPS) is 21.2. The summed E-state index contributed by atoms with van der Waals surface area (Å²) in [6, 6.07) is 12.7. The van der Waals surface area contributed by atoms with Crippen molar-refractivity contribution in [2.45, 2.75) is 43.0 Å². The average Bonchev–Trinajstić information content (AvgIpc) is 3.52. The lowest BCUT2D eigenvalue weighted by Crippen LogP contribution is -2.41. The van der Waals surface area contributed by atoms with Crippen molar-refractivity contribution in [1.29, 1.82) is 0 Å². The van der Waals surface area contributed by atoms with Gasteiger partial charge in [-0.3, -0.25) is 0 Å². The van der Waals surface area contributed by atoms with Crippen LogP contribution < -0.4 is 0 Å². The molecule has 6 nitrogen and oxygen atoms in total. The summed E-state index contributed by atoms with van der Waals surface area (Å²) in [6.45, 7) is 1.92. The van der Waals surface area contributed by atoms with E-state index in [9.17, 15) is 8.42 Å². The van der Waals surface area contributed by atoms with E-state index in [4.69, 9.17) is 4.98 Å². The predicted octanol–water partition coefficient (Wildman–Crippen LogP) is 3.41. The molecule has 0 radical (unpaired) electrons. The van der Waals surface area contributed by atoms with Gasteiger partial charge in [0, 0.05) is 31.7 Å². The Kier molecular flexibility index (Phi) is 4.44. The summed E-state index contributed by atoms with van der Waals surface area (Å²) in [5, 5.41) is 0. The van der Waals surface area contributed by atoms with E-state index in [-0.39, 0.29) is 5.92 Å². The lowest BCUT2D eigenvalue weighted by Gasteiger charge is -2.32. The van der Waals surface area contributed by atoms with Crippen LogP contribution in [-0.4, -0.2) is 40.3 Å². The largest absolute Gasteiger partial charge is 0.312 e. The van der Waals surface area contributed by atoms with Crippen molar-refractivity contribution in [3.63, 3.8) is 0 Å². The lowest BCUT2D eigenvalue weighted by atomic mass is 9.99. The Morgan fingerprint density at radius 3 is 2.64 bits per heavy atom. The smallest absolute Gasteiger partial charge is 0.243 e. The highest BCUT2D eigenvalue weighted by atomic mass is 32.2. The minimum atomic E-state index is -3.44. The molecule has 1 aliphatic heterocycles. The van der Waals surface area contributed by atoms with E-state index < -0.39 is 10.0 Å². The van der Waals surface area contributed by atoms with Crippen LogP contribution in [0.1, 0.15) is 37.4 Å². The molecule has 3 aromatic rings. The molecule has 1 unspecified atom stereocenters. The van der Waals surface area contributed by atoms with E-state index in [0.717, 1.165) is 36.4 Å². The molecule has 0 bridgehead atoms. The summed E-state index contributed by atoms with van der Waals surface area (Å²) in [6.07, 6.45) is 6.09. The Morgan fingerprint density at radius 2 is 1.86 bits per heavy atom. The van der Waals surface area contributed by atoms with Gasteiger partial charge in [0.15, 0.2) is 5.65 Å². The van der Waals surface area contributed by atoms with Crippen LogP contribution in [0.2, 0.25) is 0 Å². The number of imidazole rings is 1. The molecule has 2 aromatic heterocycles. The maximum absolute atomic E-state index is 13.0. The van der Waals surface area contributed by atoms with Gasteiger partial charge in [-0.05, 0) is 55.9 Å². The maximum Gasteiger partial charge on any atom is 0.243 e. The van der Waals surface area contributed by atoms with Crippen molar-refractivity contribution in [3.05, 3.63) is 54.5 Å². The zero-order valence-electron chi connectivity index (χ0n) is 15.7. The van der Waals surface area contributed by atoms with E-state index >= 15 is 0 Å².